The molecule has 1 N–H and O–H groups in total. The van der Waals surface area contributed by atoms with Gasteiger partial charge < -0.3 is 10.1 Å². The molecule has 0 amide bonds. The summed E-state index contributed by atoms with van der Waals surface area (Å²) in [5, 5.41) is 3.31. The van der Waals surface area contributed by atoms with Gasteiger partial charge in [0.25, 0.3) is 0 Å². The molecule has 0 aliphatic heterocycles. The SMILES string of the molecule is CCNCc1ccccc1COc1ccc(F)c(Br)c1. The molecule has 0 aromatic heterocycles. The summed E-state index contributed by atoms with van der Waals surface area (Å²) in [7, 11) is 0. The van der Waals surface area contributed by atoms with Crippen molar-refractivity contribution in [2.75, 3.05) is 6.54 Å². The van der Waals surface area contributed by atoms with Crippen molar-refractivity contribution in [2.24, 2.45) is 0 Å². The lowest BCUT2D eigenvalue weighted by Gasteiger charge is -2.11. The number of nitrogens with one attached hydrogen (secondary N) is 1. The van der Waals surface area contributed by atoms with E-state index in [0.717, 1.165) is 18.7 Å². The highest BCUT2D eigenvalue weighted by atomic mass is 79.9. The molecule has 2 aromatic rings. The number of rotatable bonds is 6. The molecule has 0 aliphatic rings. The highest BCUT2D eigenvalue weighted by Crippen LogP contribution is 2.22. The van der Waals surface area contributed by atoms with Crippen LogP contribution in [0.3, 0.4) is 0 Å². The molecule has 0 aliphatic carbocycles. The van der Waals surface area contributed by atoms with Gasteiger partial charge in [0, 0.05) is 6.54 Å². The summed E-state index contributed by atoms with van der Waals surface area (Å²) in [5.74, 6) is 0.362. The summed E-state index contributed by atoms with van der Waals surface area (Å²) < 4.78 is 19.3. The van der Waals surface area contributed by atoms with Crippen LogP contribution >= 0.6 is 15.9 Å². The van der Waals surface area contributed by atoms with Crippen LogP contribution in [-0.2, 0) is 13.2 Å². The zero-order chi connectivity index (χ0) is 14.4. The summed E-state index contributed by atoms with van der Waals surface area (Å²) >= 11 is 3.16. The van der Waals surface area contributed by atoms with E-state index < -0.39 is 0 Å². The van der Waals surface area contributed by atoms with E-state index in [0.29, 0.717) is 16.8 Å². The fraction of sp³-hybridized carbons (Fsp3) is 0.250. The first-order valence-electron chi connectivity index (χ1n) is 6.56. The van der Waals surface area contributed by atoms with Crippen molar-refractivity contribution in [1.82, 2.24) is 5.32 Å². The largest absolute Gasteiger partial charge is 0.489 e. The van der Waals surface area contributed by atoms with Crippen LogP contribution in [0.1, 0.15) is 18.1 Å². The average Bonchev–Trinajstić information content (AvgIpc) is 2.47. The van der Waals surface area contributed by atoms with Gasteiger partial charge in [-0.15, -0.1) is 0 Å². The second kappa shape index (κ2) is 7.41. The maximum Gasteiger partial charge on any atom is 0.137 e. The lowest BCUT2D eigenvalue weighted by molar-refractivity contribution is 0.304. The molecule has 20 heavy (non-hydrogen) atoms. The van der Waals surface area contributed by atoms with Crippen molar-refractivity contribution in [3.05, 3.63) is 63.9 Å². The molecule has 0 unspecified atom stereocenters. The molecule has 0 fully saturated rings. The van der Waals surface area contributed by atoms with E-state index in [9.17, 15) is 4.39 Å². The third-order valence-electron chi connectivity index (χ3n) is 2.97. The standard InChI is InChI=1S/C16H17BrFNO/c1-2-19-10-12-5-3-4-6-13(12)11-20-14-7-8-16(18)15(17)9-14/h3-9,19H,2,10-11H2,1H3. The Kier molecular flexibility index (Phi) is 5.56. The Morgan fingerprint density at radius 1 is 1.15 bits per heavy atom. The van der Waals surface area contributed by atoms with Crippen LogP contribution in [0.15, 0.2) is 46.9 Å². The molecule has 0 saturated carbocycles. The van der Waals surface area contributed by atoms with Crippen LogP contribution in [0, 0.1) is 5.82 Å². The summed E-state index contributed by atoms with van der Waals surface area (Å²) in [6, 6.07) is 12.8. The highest BCUT2D eigenvalue weighted by molar-refractivity contribution is 9.10. The Morgan fingerprint density at radius 2 is 1.90 bits per heavy atom. The van der Waals surface area contributed by atoms with Gasteiger partial charge in [-0.3, -0.25) is 0 Å². The van der Waals surface area contributed by atoms with E-state index in [2.05, 4.69) is 34.2 Å². The summed E-state index contributed by atoms with van der Waals surface area (Å²) in [6.45, 7) is 4.30. The smallest absolute Gasteiger partial charge is 0.137 e. The zero-order valence-electron chi connectivity index (χ0n) is 11.3. The fourth-order valence-corrected chi connectivity index (χ4v) is 2.22. The number of hydrogen-bond donors (Lipinski definition) is 1. The number of halogens is 2. The minimum absolute atomic E-state index is 0.287. The minimum atomic E-state index is -0.287. The molecule has 0 heterocycles. The van der Waals surface area contributed by atoms with Gasteiger partial charge in [0.15, 0.2) is 0 Å². The van der Waals surface area contributed by atoms with Gasteiger partial charge in [-0.1, -0.05) is 31.2 Å². The van der Waals surface area contributed by atoms with Crippen molar-refractivity contribution in [3.63, 3.8) is 0 Å². The second-order valence-electron chi connectivity index (χ2n) is 4.41. The molecule has 2 aromatic carbocycles. The molecule has 0 saturated heterocycles. The molecule has 2 rings (SSSR count). The lowest BCUT2D eigenvalue weighted by Crippen LogP contribution is -2.13. The van der Waals surface area contributed by atoms with Crippen LogP contribution in [0.25, 0.3) is 0 Å². The van der Waals surface area contributed by atoms with Gasteiger partial charge in [-0.25, -0.2) is 4.39 Å². The number of benzene rings is 2. The molecular formula is C16H17BrFNO. The summed E-state index contributed by atoms with van der Waals surface area (Å²) in [5.41, 5.74) is 2.35. The van der Waals surface area contributed by atoms with Gasteiger partial charge in [0.2, 0.25) is 0 Å². The first-order chi connectivity index (χ1) is 9.70. The fourth-order valence-electron chi connectivity index (χ4n) is 1.86. The summed E-state index contributed by atoms with van der Waals surface area (Å²) in [4.78, 5) is 0. The Bertz CT molecular complexity index is 574. The molecule has 106 valence electrons. The van der Waals surface area contributed by atoms with Gasteiger partial charge >= 0.3 is 0 Å². The van der Waals surface area contributed by atoms with Gasteiger partial charge in [-0.05, 0) is 51.8 Å². The molecule has 0 spiro atoms. The molecule has 0 radical (unpaired) electrons. The second-order valence-corrected chi connectivity index (χ2v) is 5.27. The maximum atomic E-state index is 13.2. The topological polar surface area (TPSA) is 21.3 Å². The Balaban J connectivity index is 2.04. The Hall–Kier alpha value is -1.39. The predicted octanol–water partition coefficient (Wildman–Crippen LogP) is 4.28. The van der Waals surface area contributed by atoms with E-state index >= 15 is 0 Å². The van der Waals surface area contributed by atoms with Gasteiger partial charge in [0.05, 0.1) is 4.47 Å². The van der Waals surface area contributed by atoms with Crippen molar-refractivity contribution in [3.8, 4) is 5.75 Å². The first-order valence-corrected chi connectivity index (χ1v) is 7.35. The van der Waals surface area contributed by atoms with Crippen LogP contribution in [0.4, 0.5) is 4.39 Å². The lowest BCUT2D eigenvalue weighted by atomic mass is 10.1. The van der Waals surface area contributed by atoms with Crippen LogP contribution in [0.2, 0.25) is 0 Å². The normalized spacial score (nSPS) is 10.6. The van der Waals surface area contributed by atoms with E-state index in [1.165, 1.54) is 11.6 Å². The average molecular weight is 338 g/mol. The molecule has 4 heteroatoms. The third-order valence-corrected chi connectivity index (χ3v) is 3.58. The van der Waals surface area contributed by atoms with Crippen molar-refractivity contribution >= 4 is 15.9 Å². The molecule has 0 bridgehead atoms. The monoisotopic (exact) mass is 337 g/mol. The maximum absolute atomic E-state index is 13.2. The van der Waals surface area contributed by atoms with Gasteiger partial charge in [-0.2, -0.15) is 0 Å². The number of ether oxygens (including phenoxy) is 1. The van der Waals surface area contributed by atoms with Crippen molar-refractivity contribution in [2.45, 2.75) is 20.1 Å². The van der Waals surface area contributed by atoms with E-state index in [1.54, 1.807) is 12.1 Å². The van der Waals surface area contributed by atoms with Crippen LogP contribution in [-0.4, -0.2) is 6.54 Å². The van der Waals surface area contributed by atoms with E-state index in [-0.39, 0.29) is 5.82 Å². The number of hydrogen-bond acceptors (Lipinski definition) is 2. The Morgan fingerprint density at radius 3 is 2.60 bits per heavy atom. The van der Waals surface area contributed by atoms with E-state index in [1.807, 2.05) is 18.2 Å². The van der Waals surface area contributed by atoms with Crippen molar-refractivity contribution < 1.29 is 9.13 Å². The molecule has 0 atom stereocenters. The summed E-state index contributed by atoms with van der Waals surface area (Å²) in [6.07, 6.45) is 0. The molecule has 2 nitrogen and oxygen atoms in total. The highest BCUT2D eigenvalue weighted by Gasteiger charge is 2.04. The van der Waals surface area contributed by atoms with Crippen LogP contribution in [0.5, 0.6) is 5.75 Å². The minimum Gasteiger partial charge on any atom is -0.489 e. The zero-order valence-corrected chi connectivity index (χ0v) is 12.9. The van der Waals surface area contributed by atoms with Crippen LogP contribution < -0.4 is 10.1 Å². The Labute approximate surface area is 127 Å². The van der Waals surface area contributed by atoms with Gasteiger partial charge in [0.1, 0.15) is 18.2 Å². The first kappa shape index (κ1) is 15.0. The third kappa shape index (κ3) is 4.05. The predicted molar refractivity (Wildman–Crippen MR) is 82.3 cm³/mol. The molecular weight excluding hydrogens is 321 g/mol. The van der Waals surface area contributed by atoms with Crippen molar-refractivity contribution in [1.29, 1.82) is 0 Å². The van der Waals surface area contributed by atoms with E-state index in [4.69, 9.17) is 4.74 Å². The quantitative estimate of drug-likeness (QED) is 0.849.